The Bertz CT molecular complexity index is 827. The summed E-state index contributed by atoms with van der Waals surface area (Å²) < 4.78 is 5.23. The van der Waals surface area contributed by atoms with Gasteiger partial charge in [0.1, 0.15) is 18.1 Å². The molecule has 1 saturated carbocycles. The number of amides is 2. The van der Waals surface area contributed by atoms with Gasteiger partial charge >= 0.3 is 0 Å². The molecule has 2 fully saturated rings. The van der Waals surface area contributed by atoms with E-state index in [9.17, 15) is 9.59 Å². The zero-order valence-electron chi connectivity index (χ0n) is 17.8. The molecule has 8 heteroatoms. The minimum atomic E-state index is -0.475. The molecule has 30 heavy (non-hydrogen) atoms. The minimum absolute atomic E-state index is 0.0514. The summed E-state index contributed by atoms with van der Waals surface area (Å²) in [6.45, 7) is 2.61. The van der Waals surface area contributed by atoms with E-state index in [1.54, 1.807) is 12.0 Å². The van der Waals surface area contributed by atoms with Gasteiger partial charge in [-0.3, -0.25) is 15.0 Å². The molecular formula is C22H31N5O3. The molecule has 0 bridgehead atoms. The first kappa shape index (κ1) is 20.5. The molecule has 1 aliphatic carbocycles. The number of hydrogen-bond donors (Lipinski definition) is 2. The summed E-state index contributed by atoms with van der Waals surface area (Å²) in [5.41, 5.74) is 3.99. The molecular weight excluding hydrogens is 382 g/mol. The molecule has 162 valence electrons. The Morgan fingerprint density at radius 3 is 2.87 bits per heavy atom. The maximum absolute atomic E-state index is 13.3. The third-order valence-electron chi connectivity index (χ3n) is 6.27. The Balaban J connectivity index is 1.43. The smallest absolute Gasteiger partial charge is 0.268 e. The highest BCUT2D eigenvalue weighted by molar-refractivity contribution is 5.95. The van der Waals surface area contributed by atoms with Gasteiger partial charge in [0.15, 0.2) is 6.17 Å². The Morgan fingerprint density at radius 1 is 1.30 bits per heavy atom. The summed E-state index contributed by atoms with van der Waals surface area (Å²) >= 11 is 0. The van der Waals surface area contributed by atoms with Crippen molar-refractivity contribution < 1.29 is 14.3 Å². The number of methoxy groups -OCH3 is 1. The predicted octanol–water partition coefficient (Wildman–Crippen LogP) is 1.81. The summed E-state index contributed by atoms with van der Waals surface area (Å²) in [5, 5.41) is 7.40. The number of piperazine rings is 1. The van der Waals surface area contributed by atoms with Crippen LogP contribution in [0.3, 0.4) is 0 Å². The second kappa shape index (κ2) is 8.93. The highest BCUT2D eigenvalue weighted by Gasteiger charge is 2.50. The van der Waals surface area contributed by atoms with Gasteiger partial charge in [0.05, 0.1) is 19.2 Å². The van der Waals surface area contributed by atoms with Crippen molar-refractivity contribution in [3.63, 3.8) is 0 Å². The first-order valence-corrected chi connectivity index (χ1v) is 10.9. The largest absolute Gasteiger partial charge is 0.497 e. The zero-order chi connectivity index (χ0) is 21.1. The van der Waals surface area contributed by atoms with Crippen LogP contribution in [0.2, 0.25) is 0 Å². The molecule has 4 rings (SSSR count). The van der Waals surface area contributed by atoms with Crippen LogP contribution in [0.25, 0.3) is 0 Å². The fraction of sp³-hybridized carbons (Fsp3) is 0.591. The van der Waals surface area contributed by atoms with Gasteiger partial charge in [0, 0.05) is 13.0 Å². The number of hydrazone groups is 1. The Morgan fingerprint density at radius 2 is 2.10 bits per heavy atom. The van der Waals surface area contributed by atoms with E-state index < -0.39 is 6.17 Å². The highest BCUT2D eigenvalue weighted by atomic mass is 16.5. The zero-order valence-corrected chi connectivity index (χ0v) is 17.8. The fourth-order valence-corrected chi connectivity index (χ4v) is 4.86. The SMILES string of the molecule is CCCC1=NNC2C(=O)N(CC(=O)NCc3cccc(OC)c3)C3CCCCC3N12. The van der Waals surface area contributed by atoms with Gasteiger partial charge in [-0.2, -0.15) is 5.10 Å². The van der Waals surface area contributed by atoms with Crippen LogP contribution in [0.1, 0.15) is 51.0 Å². The lowest BCUT2D eigenvalue weighted by molar-refractivity contribution is -0.152. The average molecular weight is 414 g/mol. The number of ether oxygens (including phenoxy) is 1. The van der Waals surface area contributed by atoms with Crippen LogP contribution in [0, 0.1) is 0 Å². The average Bonchev–Trinajstić information content (AvgIpc) is 3.20. The van der Waals surface area contributed by atoms with Gasteiger partial charge in [-0.15, -0.1) is 0 Å². The second-order valence-corrected chi connectivity index (χ2v) is 8.23. The van der Waals surface area contributed by atoms with E-state index in [4.69, 9.17) is 4.74 Å². The molecule has 0 aromatic heterocycles. The first-order valence-electron chi connectivity index (χ1n) is 10.9. The Kier molecular flexibility index (Phi) is 6.11. The van der Waals surface area contributed by atoms with Crippen molar-refractivity contribution in [2.24, 2.45) is 5.10 Å². The molecule has 1 saturated heterocycles. The number of carbonyl (C=O) groups excluding carboxylic acids is 2. The van der Waals surface area contributed by atoms with Gasteiger partial charge in [0.2, 0.25) is 5.91 Å². The van der Waals surface area contributed by atoms with Gasteiger partial charge in [-0.25, -0.2) is 0 Å². The van der Waals surface area contributed by atoms with Crippen LogP contribution >= 0.6 is 0 Å². The molecule has 2 aliphatic heterocycles. The van der Waals surface area contributed by atoms with E-state index in [2.05, 4.69) is 27.7 Å². The van der Waals surface area contributed by atoms with Crippen molar-refractivity contribution in [3.05, 3.63) is 29.8 Å². The van der Waals surface area contributed by atoms with Crippen LogP contribution in [-0.2, 0) is 16.1 Å². The van der Waals surface area contributed by atoms with E-state index in [-0.39, 0.29) is 30.4 Å². The Hall–Kier alpha value is -2.77. The molecule has 2 heterocycles. The van der Waals surface area contributed by atoms with Crippen molar-refractivity contribution in [1.29, 1.82) is 0 Å². The summed E-state index contributed by atoms with van der Waals surface area (Å²) in [6, 6.07) is 7.90. The number of amidine groups is 1. The van der Waals surface area contributed by atoms with Crippen molar-refractivity contribution in [2.75, 3.05) is 13.7 Å². The fourth-order valence-electron chi connectivity index (χ4n) is 4.86. The second-order valence-electron chi connectivity index (χ2n) is 8.23. The molecule has 3 unspecified atom stereocenters. The third kappa shape index (κ3) is 3.95. The molecule has 8 nitrogen and oxygen atoms in total. The molecule has 3 atom stereocenters. The minimum Gasteiger partial charge on any atom is -0.497 e. The van der Waals surface area contributed by atoms with Gasteiger partial charge in [0.25, 0.3) is 5.91 Å². The number of nitrogens with zero attached hydrogens (tertiary/aromatic N) is 3. The third-order valence-corrected chi connectivity index (χ3v) is 6.27. The van der Waals surface area contributed by atoms with E-state index in [1.807, 2.05) is 24.3 Å². The summed E-state index contributed by atoms with van der Waals surface area (Å²) in [6.07, 6.45) is 5.57. The summed E-state index contributed by atoms with van der Waals surface area (Å²) in [7, 11) is 1.62. The van der Waals surface area contributed by atoms with Crippen molar-refractivity contribution in [2.45, 2.75) is 70.2 Å². The molecule has 0 spiro atoms. The van der Waals surface area contributed by atoms with Crippen molar-refractivity contribution in [1.82, 2.24) is 20.5 Å². The maximum atomic E-state index is 13.3. The lowest BCUT2D eigenvalue weighted by Crippen LogP contribution is -2.70. The molecule has 0 radical (unpaired) electrons. The normalized spacial score (nSPS) is 25.2. The number of rotatable bonds is 7. The van der Waals surface area contributed by atoms with E-state index >= 15 is 0 Å². The van der Waals surface area contributed by atoms with Crippen LogP contribution in [-0.4, -0.2) is 59.4 Å². The van der Waals surface area contributed by atoms with Crippen LogP contribution in [0.15, 0.2) is 29.4 Å². The van der Waals surface area contributed by atoms with Gasteiger partial charge in [-0.1, -0.05) is 31.9 Å². The lowest BCUT2D eigenvalue weighted by Gasteiger charge is -2.51. The lowest BCUT2D eigenvalue weighted by atomic mass is 9.85. The van der Waals surface area contributed by atoms with Crippen molar-refractivity contribution >= 4 is 17.6 Å². The molecule has 3 aliphatic rings. The summed E-state index contributed by atoms with van der Waals surface area (Å²) in [4.78, 5) is 30.0. The number of benzene rings is 1. The van der Waals surface area contributed by atoms with Gasteiger partial charge < -0.3 is 19.9 Å². The number of nitrogens with one attached hydrogen (secondary N) is 2. The van der Waals surface area contributed by atoms with E-state index in [0.717, 1.165) is 55.7 Å². The Labute approximate surface area is 177 Å². The molecule has 1 aromatic rings. The maximum Gasteiger partial charge on any atom is 0.268 e. The van der Waals surface area contributed by atoms with Crippen LogP contribution < -0.4 is 15.5 Å². The van der Waals surface area contributed by atoms with E-state index in [1.165, 1.54) is 0 Å². The topological polar surface area (TPSA) is 86.3 Å². The standard InChI is InChI=1S/C22H31N5O3/c1-3-7-19-24-25-21-22(29)26(17-10-4-5-11-18(17)27(19)21)14-20(28)23-13-15-8-6-9-16(12-15)30-2/h6,8-9,12,17-18,21,25H,3-5,7,10-11,13-14H2,1-2H3,(H,23,28). The van der Waals surface area contributed by atoms with Crippen LogP contribution in [0.5, 0.6) is 5.75 Å². The number of hydrogen-bond acceptors (Lipinski definition) is 6. The first-order chi connectivity index (χ1) is 14.6. The molecule has 1 aromatic carbocycles. The molecule has 2 amide bonds. The number of fused-ring (bicyclic) bond motifs is 3. The van der Waals surface area contributed by atoms with Crippen molar-refractivity contribution in [3.8, 4) is 5.75 Å². The predicted molar refractivity (Wildman–Crippen MR) is 114 cm³/mol. The van der Waals surface area contributed by atoms with Gasteiger partial charge in [-0.05, 0) is 37.0 Å². The quantitative estimate of drug-likeness (QED) is 0.712. The van der Waals surface area contributed by atoms with Crippen LogP contribution in [0.4, 0.5) is 0 Å². The van der Waals surface area contributed by atoms with E-state index in [0.29, 0.717) is 6.54 Å². The highest BCUT2D eigenvalue weighted by Crippen LogP contribution is 2.35. The summed E-state index contributed by atoms with van der Waals surface area (Å²) in [5.74, 6) is 1.55. The molecule has 2 N–H and O–H groups in total. The monoisotopic (exact) mass is 413 g/mol. The number of carbonyl (C=O) groups is 2.